The second-order valence-electron chi connectivity index (χ2n) is 5.55. The van der Waals surface area contributed by atoms with Gasteiger partial charge in [0.25, 0.3) is 5.91 Å². The van der Waals surface area contributed by atoms with E-state index in [1.807, 2.05) is 6.07 Å². The summed E-state index contributed by atoms with van der Waals surface area (Å²) in [6.45, 7) is 3.32. The average molecular weight is 362 g/mol. The minimum Gasteiger partial charge on any atom is -0.385 e. The van der Waals surface area contributed by atoms with Crippen LogP contribution < -0.4 is 15.8 Å². The summed E-state index contributed by atoms with van der Waals surface area (Å²) in [6.07, 6.45) is 3.16. The molecule has 4 N–H and O–H groups in total. The van der Waals surface area contributed by atoms with E-state index in [1.54, 1.807) is 24.4 Å². The van der Waals surface area contributed by atoms with E-state index < -0.39 is 10.0 Å². The number of anilines is 1. The van der Waals surface area contributed by atoms with E-state index in [0.29, 0.717) is 18.7 Å². The lowest BCUT2D eigenvalue weighted by molar-refractivity contribution is 0.0949. The highest BCUT2D eigenvalue weighted by Gasteiger charge is 2.09. The van der Waals surface area contributed by atoms with E-state index in [0.717, 1.165) is 24.2 Å². The van der Waals surface area contributed by atoms with Crippen LogP contribution >= 0.6 is 0 Å². The van der Waals surface area contributed by atoms with E-state index in [-0.39, 0.29) is 10.8 Å². The Labute approximate surface area is 147 Å². The smallest absolute Gasteiger partial charge is 0.269 e. The highest BCUT2D eigenvalue weighted by molar-refractivity contribution is 7.89. The Hall–Kier alpha value is -2.45. The first-order valence-electron chi connectivity index (χ1n) is 8.00. The minimum absolute atomic E-state index is 0.0703. The average Bonchev–Trinajstić information content (AvgIpc) is 2.60. The third kappa shape index (κ3) is 5.84. The molecular weight excluding hydrogens is 340 g/mol. The summed E-state index contributed by atoms with van der Waals surface area (Å²) in [7, 11) is -3.68. The lowest BCUT2D eigenvalue weighted by Crippen LogP contribution is -2.26. The molecule has 1 heterocycles. The molecule has 0 saturated carbocycles. The fourth-order valence-corrected chi connectivity index (χ4v) is 2.71. The summed E-state index contributed by atoms with van der Waals surface area (Å²) in [5.74, 6) is -0.249. The van der Waals surface area contributed by atoms with Crippen LogP contribution in [0.2, 0.25) is 0 Å². The van der Waals surface area contributed by atoms with Crippen LogP contribution in [0.25, 0.3) is 0 Å². The SMILES string of the molecule is CCCNc1ccnc(C(=O)NCCc2ccc(S(N)(=O)=O)cc2)c1. The highest BCUT2D eigenvalue weighted by Crippen LogP contribution is 2.10. The number of hydrogen-bond donors (Lipinski definition) is 3. The van der Waals surface area contributed by atoms with Crippen molar-refractivity contribution in [2.75, 3.05) is 18.4 Å². The van der Waals surface area contributed by atoms with E-state index in [9.17, 15) is 13.2 Å². The summed E-state index contributed by atoms with van der Waals surface area (Å²) in [4.78, 5) is 16.3. The zero-order chi connectivity index (χ0) is 18.3. The van der Waals surface area contributed by atoms with E-state index in [4.69, 9.17) is 5.14 Å². The molecule has 1 amide bonds. The van der Waals surface area contributed by atoms with Gasteiger partial charge in [-0.1, -0.05) is 19.1 Å². The fourth-order valence-electron chi connectivity index (χ4n) is 2.19. The molecule has 1 aromatic carbocycles. The zero-order valence-electron chi connectivity index (χ0n) is 14.0. The van der Waals surface area contributed by atoms with Crippen molar-refractivity contribution < 1.29 is 13.2 Å². The number of rotatable bonds is 8. The zero-order valence-corrected chi connectivity index (χ0v) is 14.8. The normalized spacial score (nSPS) is 11.1. The van der Waals surface area contributed by atoms with E-state index >= 15 is 0 Å². The molecule has 0 atom stereocenters. The third-order valence-electron chi connectivity index (χ3n) is 3.52. The molecule has 0 saturated heterocycles. The number of pyridine rings is 1. The van der Waals surface area contributed by atoms with Crippen LogP contribution in [0.3, 0.4) is 0 Å². The molecule has 0 spiro atoms. The lowest BCUT2D eigenvalue weighted by atomic mass is 10.1. The number of sulfonamides is 1. The number of hydrogen-bond acceptors (Lipinski definition) is 5. The van der Waals surface area contributed by atoms with Gasteiger partial charge in [-0.3, -0.25) is 9.78 Å². The predicted octanol–water partition coefficient (Wildman–Crippen LogP) is 1.52. The number of nitrogens with one attached hydrogen (secondary N) is 2. The molecule has 0 aliphatic carbocycles. The number of benzene rings is 1. The maximum Gasteiger partial charge on any atom is 0.269 e. The van der Waals surface area contributed by atoms with Crippen molar-refractivity contribution in [1.82, 2.24) is 10.3 Å². The lowest BCUT2D eigenvalue weighted by Gasteiger charge is -2.08. The van der Waals surface area contributed by atoms with Crippen LogP contribution in [0.4, 0.5) is 5.69 Å². The molecule has 134 valence electrons. The Balaban J connectivity index is 1.88. The summed E-state index contributed by atoms with van der Waals surface area (Å²) in [5, 5.41) is 11.1. The van der Waals surface area contributed by atoms with Crippen molar-refractivity contribution in [2.45, 2.75) is 24.7 Å². The summed E-state index contributed by atoms with van der Waals surface area (Å²) in [5.41, 5.74) is 2.12. The number of nitrogens with two attached hydrogens (primary N) is 1. The highest BCUT2D eigenvalue weighted by atomic mass is 32.2. The standard InChI is InChI=1S/C17H22N4O3S/c1-2-9-19-14-8-11-20-16(12-14)17(22)21-10-7-13-3-5-15(6-4-13)25(18,23)24/h3-6,8,11-12H,2,7,9-10H2,1H3,(H,19,20)(H,21,22)(H2,18,23,24). The van der Waals surface area contributed by atoms with Crippen LogP contribution in [0.5, 0.6) is 0 Å². The molecule has 0 bridgehead atoms. The van der Waals surface area contributed by atoms with Crippen molar-refractivity contribution in [2.24, 2.45) is 5.14 Å². The number of primary sulfonamides is 1. The number of carbonyl (C=O) groups excluding carboxylic acids is 1. The Morgan fingerprint density at radius 3 is 2.52 bits per heavy atom. The third-order valence-corrected chi connectivity index (χ3v) is 4.45. The number of carbonyl (C=O) groups is 1. The largest absolute Gasteiger partial charge is 0.385 e. The first kappa shape index (κ1) is 18.9. The van der Waals surface area contributed by atoms with Crippen LogP contribution in [0.15, 0.2) is 47.5 Å². The van der Waals surface area contributed by atoms with Gasteiger partial charge in [-0.15, -0.1) is 0 Å². The van der Waals surface area contributed by atoms with Gasteiger partial charge in [-0.25, -0.2) is 13.6 Å². The monoisotopic (exact) mass is 362 g/mol. The summed E-state index contributed by atoms with van der Waals surface area (Å²) >= 11 is 0. The topological polar surface area (TPSA) is 114 Å². The predicted molar refractivity (Wildman–Crippen MR) is 96.9 cm³/mol. The van der Waals surface area contributed by atoms with E-state index in [1.165, 1.54) is 12.1 Å². The van der Waals surface area contributed by atoms with E-state index in [2.05, 4.69) is 22.5 Å². The minimum atomic E-state index is -3.68. The molecular formula is C17H22N4O3S. The van der Waals surface area contributed by atoms with Crippen LogP contribution in [0, 0.1) is 0 Å². The Kier molecular flexibility index (Phi) is 6.49. The van der Waals surface area contributed by atoms with Gasteiger partial charge >= 0.3 is 0 Å². The van der Waals surface area contributed by atoms with Crippen molar-refractivity contribution >= 4 is 21.6 Å². The van der Waals surface area contributed by atoms with Gasteiger partial charge < -0.3 is 10.6 Å². The Bertz CT molecular complexity index is 820. The summed E-state index contributed by atoms with van der Waals surface area (Å²) in [6, 6.07) is 9.80. The molecule has 0 unspecified atom stereocenters. The van der Waals surface area contributed by atoms with Gasteiger partial charge in [0.05, 0.1) is 4.90 Å². The summed E-state index contributed by atoms with van der Waals surface area (Å²) < 4.78 is 22.4. The maximum atomic E-state index is 12.1. The molecule has 0 aliphatic heterocycles. The Morgan fingerprint density at radius 2 is 1.88 bits per heavy atom. The second-order valence-corrected chi connectivity index (χ2v) is 7.11. The molecule has 0 fully saturated rings. The van der Waals surface area contributed by atoms with Crippen LogP contribution in [-0.2, 0) is 16.4 Å². The molecule has 0 aliphatic rings. The van der Waals surface area contributed by atoms with Crippen molar-refractivity contribution in [1.29, 1.82) is 0 Å². The maximum absolute atomic E-state index is 12.1. The van der Waals surface area contributed by atoms with Gasteiger partial charge in [0.15, 0.2) is 0 Å². The molecule has 2 rings (SSSR count). The van der Waals surface area contributed by atoms with Gasteiger partial charge in [-0.2, -0.15) is 0 Å². The quantitative estimate of drug-likeness (QED) is 0.659. The van der Waals surface area contributed by atoms with Crippen LogP contribution in [0.1, 0.15) is 29.4 Å². The Morgan fingerprint density at radius 1 is 1.16 bits per heavy atom. The van der Waals surface area contributed by atoms with Crippen molar-refractivity contribution in [3.8, 4) is 0 Å². The molecule has 25 heavy (non-hydrogen) atoms. The number of aromatic nitrogens is 1. The molecule has 7 nitrogen and oxygen atoms in total. The van der Waals surface area contributed by atoms with Crippen molar-refractivity contribution in [3.05, 3.63) is 53.9 Å². The van der Waals surface area contributed by atoms with Gasteiger partial charge in [0.2, 0.25) is 10.0 Å². The van der Waals surface area contributed by atoms with Crippen molar-refractivity contribution in [3.63, 3.8) is 0 Å². The molecule has 2 aromatic rings. The first-order valence-corrected chi connectivity index (χ1v) is 9.54. The molecule has 8 heteroatoms. The number of amides is 1. The van der Waals surface area contributed by atoms with Gasteiger partial charge in [0.1, 0.15) is 5.69 Å². The molecule has 0 radical (unpaired) electrons. The second kappa shape index (κ2) is 8.59. The van der Waals surface area contributed by atoms with Gasteiger partial charge in [-0.05, 0) is 42.7 Å². The van der Waals surface area contributed by atoms with Gasteiger partial charge in [0, 0.05) is 25.0 Å². The van der Waals surface area contributed by atoms with Crippen LogP contribution in [-0.4, -0.2) is 32.4 Å². The fraction of sp³-hybridized carbons (Fsp3) is 0.294. The first-order chi connectivity index (χ1) is 11.9. The molecule has 1 aromatic heterocycles. The number of nitrogens with zero attached hydrogens (tertiary/aromatic N) is 1.